The first-order valence-corrected chi connectivity index (χ1v) is 10.2. The number of carbonyl (C=O) groups excluding carboxylic acids is 2. The van der Waals surface area contributed by atoms with Crippen LogP contribution < -0.4 is 10.6 Å². The number of nitrogens with one attached hydrogen (secondary N) is 2. The standard InChI is InChI=1S/C23H22F2N2O5/c24-23(25,20(30)27-22(9-10-22)11-19(28)29)13-26-21(31)32-12-18-16-7-3-1-5-14(16)15-6-2-4-8-17(15)18/h1-8,18H,9-13H2,(H,26,31)(H,27,30)(H,28,29). The molecule has 1 saturated carbocycles. The van der Waals surface area contributed by atoms with Crippen LogP contribution in [0.2, 0.25) is 0 Å². The smallest absolute Gasteiger partial charge is 0.407 e. The Morgan fingerprint density at radius 3 is 2.12 bits per heavy atom. The van der Waals surface area contributed by atoms with Crippen molar-refractivity contribution in [2.24, 2.45) is 0 Å². The molecule has 2 aliphatic carbocycles. The monoisotopic (exact) mass is 444 g/mol. The lowest BCUT2D eigenvalue weighted by Gasteiger charge is -2.21. The van der Waals surface area contributed by atoms with E-state index in [-0.39, 0.29) is 12.5 Å². The van der Waals surface area contributed by atoms with E-state index in [0.29, 0.717) is 12.8 Å². The zero-order valence-electron chi connectivity index (χ0n) is 17.1. The molecular formula is C23H22F2N2O5. The molecule has 0 bridgehead atoms. The average Bonchev–Trinajstić information content (AvgIpc) is 3.42. The second-order valence-electron chi connectivity index (χ2n) is 8.19. The number of alkyl carbamates (subject to hydrolysis) is 1. The summed E-state index contributed by atoms with van der Waals surface area (Å²) in [6, 6.07) is 15.4. The number of benzene rings is 2. The van der Waals surface area contributed by atoms with Gasteiger partial charge in [0, 0.05) is 5.92 Å². The number of alkyl halides is 2. The SMILES string of the molecule is O=C(O)CC1(NC(=O)C(F)(F)CNC(=O)OCC2c3ccccc3-c3ccccc32)CC1. The fraction of sp³-hybridized carbons (Fsp3) is 0.348. The summed E-state index contributed by atoms with van der Waals surface area (Å²) in [6.45, 7) is -1.29. The maximum absolute atomic E-state index is 14.2. The fourth-order valence-electron chi connectivity index (χ4n) is 4.03. The number of carboxylic acid groups (broad SMARTS) is 1. The van der Waals surface area contributed by atoms with Crippen LogP contribution >= 0.6 is 0 Å². The summed E-state index contributed by atoms with van der Waals surface area (Å²) in [5.74, 6) is -6.92. The van der Waals surface area contributed by atoms with E-state index in [9.17, 15) is 23.2 Å². The Morgan fingerprint density at radius 1 is 1.03 bits per heavy atom. The molecule has 168 valence electrons. The second-order valence-corrected chi connectivity index (χ2v) is 8.19. The third kappa shape index (κ3) is 4.42. The summed E-state index contributed by atoms with van der Waals surface area (Å²) in [5, 5.41) is 12.9. The summed E-state index contributed by atoms with van der Waals surface area (Å²) >= 11 is 0. The first kappa shape index (κ1) is 21.7. The molecule has 0 atom stereocenters. The highest BCUT2D eigenvalue weighted by Gasteiger charge is 2.50. The van der Waals surface area contributed by atoms with Gasteiger partial charge in [-0.2, -0.15) is 8.78 Å². The van der Waals surface area contributed by atoms with Crippen LogP contribution in [0.3, 0.4) is 0 Å². The van der Waals surface area contributed by atoms with Gasteiger partial charge in [0.2, 0.25) is 0 Å². The maximum atomic E-state index is 14.2. The van der Waals surface area contributed by atoms with Gasteiger partial charge < -0.3 is 20.5 Å². The molecule has 0 heterocycles. The van der Waals surface area contributed by atoms with Crippen molar-refractivity contribution in [3.8, 4) is 11.1 Å². The molecule has 2 aromatic carbocycles. The topological polar surface area (TPSA) is 105 Å². The molecule has 0 aromatic heterocycles. The van der Waals surface area contributed by atoms with E-state index >= 15 is 0 Å². The quantitative estimate of drug-likeness (QED) is 0.580. The van der Waals surface area contributed by atoms with E-state index in [4.69, 9.17) is 9.84 Å². The van der Waals surface area contributed by atoms with Crippen molar-refractivity contribution in [3.63, 3.8) is 0 Å². The van der Waals surface area contributed by atoms with Gasteiger partial charge in [-0.15, -0.1) is 0 Å². The van der Waals surface area contributed by atoms with Crippen molar-refractivity contribution >= 4 is 18.0 Å². The van der Waals surface area contributed by atoms with Gasteiger partial charge in [-0.1, -0.05) is 48.5 Å². The number of carbonyl (C=O) groups is 3. The Balaban J connectivity index is 1.32. The van der Waals surface area contributed by atoms with Crippen molar-refractivity contribution in [2.75, 3.05) is 13.2 Å². The normalized spacial score (nSPS) is 15.9. The lowest BCUT2D eigenvalue weighted by atomic mass is 9.98. The van der Waals surface area contributed by atoms with Crippen LogP contribution in [-0.2, 0) is 14.3 Å². The predicted octanol–water partition coefficient (Wildman–Crippen LogP) is 3.28. The van der Waals surface area contributed by atoms with E-state index in [0.717, 1.165) is 22.3 Å². The minimum absolute atomic E-state index is 0.0423. The van der Waals surface area contributed by atoms with Gasteiger partial charge in [0.1, 0.15) is 6.61 Å². The van der Waals surface area contributed by atoms with Crippen LogP contribution in [0.5, 0.6) is 0 Å². The Kier molecular flexibility index (Phi) is 5.58. The molecule has 0 saturated heterocycles. The molecule has 0 radical (unpaired) electrons. The van der Waals surface area contributed by atoms with E-state index in [1.54, 1.807) is 0 Å². The Labute approximate surface area is 182 Å². The number of carboxylic acids is 1. The molecule has 2 amide bonds. The average molecular weight is 444 g/mol. The highest BCUT2D eigenvalue weighted by atomic mass is 19.3. The number of ether oxygens (including phenoxy) is 1. The summed E-state index contributed by atoms with van der Waals surface area (Å²) in [4.78, 5) is 34.8. The second kappa shape index (κ2) is 8.22. The minimum Gasteiger partial charge on any atom is -0.481 e. The Morgan fingerprint density at radius 2 is 1.59 bits per heavy atom. The summed E-state index contributed by atoms with van der Waals surface area (Å²) in [6.07, 6.45) is -0.845. The Bertz CT molecular complexity index is 1020. The summed E-state index contributed by atoms with van der Waals surface area (Å²) < 4.78 is 33.5. The number of hydrogen-bond acceptors (Lipinski definition) is 4. The van der Waals surface area contributed by atoms with Gasteiger partial charge in [0.25, 0.3) is 5.91 Å². The minimum atomic E-state index is -3.90. The third-order valence-electron chi connectivity index (χ3n) is 5.85. The summed E-state index contributed by atoms with van der Waals surface area (Å²) in [7, 11) is 0. The van der Waals surface area contributed by atoms with E-state index in [1.165, 1.54) is 0 Å². The highest BCUT2D eigenvalue weighted by Crippen LogP contribution is 2.44. The van der Waals surface area contributed by atoms with Crippen molar-refractivity contribution in [1.82, 2.24) is 10.6 Å². The number of hydrogen-bond donors (Lipinski definition) is 3. The van der Waals surface area contributed by atoms with Crippen molar-refractivity contribution in [2.45, 2.75) is 36.6 Å². The molecule has 32 heavy (non-hydrogen) atoms. The zero-order valence-corrected chi connectivity index (χ0v) is 17.1. The molecule has 0 aliphatic heterocycles. The fourth-order valence-corrected chi connectivity index (χ4v) is 4.03. The van der Waals surface area contributed by atoms with Crippen molar-refractivity contribution in [1.29, 1.82) is 0 Å². The van der Waals surface area contributed by atoms with Crippen molar-refractivity contribution in [3.05, 3.63) is 59.7 Å². The molecule has 3 N–H and O–H groups in total. The van der Waals surface area contributed by atoms with Crippen molar-refractivity contribution < 1.29 is 33.0 Å². The third-order valence-corrected chi connectivity index (χ3v) is 5.85. The van der Waals surface area contributed by atoms with Gasteiger partial charge in [-0.25, -0.2) is 4.79 Å². The summed E-state index contributed by atoms with van der Waals surface area (Å²) in [5.41, 5.74) is 2.92. The molecule has 9 heteroatoms. The molecule has 1 fully saturated rings. The predicted molar refractivity (Wildman–Crippen MR) is 110 cm³/mol. The first-order valence-electron chi connectivity index (χ1n) is 10.2. The van der Waals surface area contributed by atoms with Crippen LogP contribution in [0.15, 0.2) is 48.5 Å². The number of fused-ring (bicyclic) bond motifs is 3. The van der Waals surface area contributed by atoms with Crippen LogP contribution in [0, 0.1) is 0 Å². The van der Waals surface area contributed by atoms with Gasteiger partial charge >= 0.3 is 18.0 Å². The van der Waals surface area contributed by atoms with Crippen LogP contribution in [0.1, 0.15) is 36.3 Å². The van der Waals surface area contributed by atoms with Gasteiger partial charge in [-0.05, 0) is 35.1 Å². The number of halogens is 2. The number of rotatable bonds is 8. The lowest BCUT2D eigenvalue weighted by molar-refractivity contribution is -0.146. The molecule has 2 aromatic rings. The first-order chi connectivity index (χ1) is 15.2. The molecular weight excluding hydrogens is 422 g/mol. The molecule has 2 aliphatic rings. The maximum Gasteiger partial charge on any atom is 0.407 e. The van der Waals surface area contributed by atoms with Crippen LogP contribution in [-0.4, -0.2) is 47.7 Å². The van der Waals surface area contributed by atoms with Gasteiger partial charge in [0.05, 0.1) is 18.5 Å². The lowest BCUT2D eigenvalue weighted by Crippen LogP contribution is -2.52. The van der Waals surface area contributed by atoms with Gasteiger partial charge in [0.15, 0.2) is 0 Å². The van der Waals surface area contributed by atoms with Crippen LogP contribution in [0.4, 0.5) is 13.6 Å². The highest BCUT2D eigenvalue weighted by molar-refractivity contribution is 5.86. The zero-order chi connectivity index (χ0) is 22.9. The van der Waals surface area contributed by atoms with E-state index < -0.39 is 42.4 Å². The molecule has 0 spiro atoms. The molecule has 7 nitrogen and oxygen atoms in total. The van der Waals surface area contributed by atoms with Gasteiger partial charge in [-0.3, -0.25) is 9.59 Å². The Hall–Kier alpha value is -3.49. The molecule has 0 unspecified atom stereocenters. The largest absolute Gasteiger partial charge is 0.481 e. The number of amides is 2. The van der Waals surface area contributed by atoms with E-state index in [1.807, 2.05) is 53.8 Å². The number of aliphatic carboxylic acids is 1. The molecule has 4 rings (SSSR count). The van der Waals surface area contributed by atoms with Crippen LogP contribution in [0.25, 0.3) is 11.1 Å². The van der Waals surface area contributed by atoms with E-state index in [2.05, 4.69) is 5.32 Å².